The van der Waals surface area contributed by atoms with E-state index in [4.69, 9.17) is 10.5 Å². The number of nitrogen functional groups attached to an aromatic ring is 1. The topological polar surface area (TPSA) is 60.2 Å². The molecule has 0 spiro atoms. The van der Waals surface area contributed by atoms with Crippen LogP contribution in [0.2, 0.25) is 0 Å². The molecular weight excluding hydrogens is 190 g/mol. The van der Waals surface area contributed by atoms with Gasteiger partial charge in [0.15, 0.2) is 0 Å². The fourth-order valence-electron chi connectivity index (χ4n) is 1.72. The molecule has 1 aromatic rings. The van der Waals surface area contributed by atoms with Crippen molar-refractivity contribution in [2.24, 2.45) is 0 Å². The van der Waals surface area contributed by atoms with Gasteiger partial charge in [-0.15, -0.1) is 0 Å². The van der Waals surface area contributed by atoms with Gasteiger partial charge in [0.2, 0.25) is 0 Å². The molecule has 4 nitrogen and oxygen atoms in total. The molecule has 1 fully saturated rings. The van der Waals surface area contributed by atoms with Gasteiger partial charge in [-0.05, 0) is 31.4 Å². The summed E-state index contributed by atoms with van der Waals surface area (Å²) in [6.45, 7) is 3.64. The number of pyridine rings is 1. The molecule has 1 aliphatic heterocycles. The summed E-state index contributed by atoms with van der Waals surface area (Å²) in [5.41, 5.74) is 7.77. The minimum absolute atomic E-state index is 0.440. The van der Waals surface area contributed by atoms with Gasteiger partial charge in [-0.2, -0.15) is 0 Å². The lowest BCUT2D eigenvalue weighted by Gasteiger charge is -2.24. The van der Waals surface area contributed by atoms with E-state index in [1.54, 1.807) is 6.20 Å². The van der Waals surface area contributed by atoms with E-state index in [1.165, 1.54) is 0 Å². The highest BCUT2D eigenvalue weighted by atomic mass is 16.5. The molecule has 1 aromatic heterocycles. The molecule has 0 aliphatic carbocycles. The minimum Gasteiger partial charge on any atom is -0.396 e. The van der Waals surface area contributed by atoms with Crippen LogP contribution in [0.4, 0.5) is 11.5 Å². The summed E-state index contributed by atoms with van der Waals surface area (Å²) >= 11 is 0. The highest BCUT2D eigenvalue weighted by Gasteiger charge is 2.15. The lowest BCUT2D eigenvalue weighted by atomic mass is 10.1. The van der Waals surface area contributed by atoms with Crippen LogP contribution in [0.1, 0.15) is 18.4 Å². The van der Waals surface area contributed by atoms with Gasteiger partial charge >= 0.3 is 0 Å². The molecule has 0 bridgehead atoms. The van der Waals surface area contributed by atoms with Gasteiger partial charge in [-0.3, -0.25) is 0 Å². The zero-order valence-electron chi connectivity index (χ0n) is 8.99. The molecule has 0 amide bonds. The van der Waals surface area contributed by atoms with E-state index in [0.29, 0.717) is 6.04 Å². The van der Waals surface area contributed by atoms with Crippen molar-refractivity contribution in [3.8, 4) is 0 Å². The maximum absolute atomic E-state index is 5.94. The summed E-state index contributed by atoms with van der Waals surface area (Å²) in [4.78, 5) is 4.26. The molecule has 1 saturated heterocycles. The Morgan fingerprint density at radius 3 is 2.93 bits per heavy atom. The fraction of sp³-hybridized carbons (Fsp3) is 0.545. The standard InChI is InChI=1S/C11H17N3O/c1-8-2-5-13-11(10(8)12)14-9-3-6-15-7-4-9/h2,5,9H,3-4,6-7,12H2,1H3,(H,13,14). The summed E-state index contributed by atoms with van der Waals surface area (Å²) < 4.78 is 5.30. The Morgan fingerprint density at radius 2 is 2.20 bits per heavy atom. The Bertz CT molecular complexity index is 335. The van der Waals surface area contributed by atoms with Crippen molar-refractivity contribution in [2.75, 3.05) is 24.3 Å². The average Bonchev–Trinajstić information content (AvgIpc) is 2.26. The van der Waals surface area contributed by atoms with Gasteiger partial charge < -0.3 is 15.8 Å². The molecule has 0 atom stereocenters. The van der Waals surface area contributed by atoms with Gasteiger partial charge in [-0.25, -0.2) is 4.98 Å². The number of aryl methyl sites for hydroxylation is 1. The third-order valence-electron chi connectivity index (χ3n) is 2.77. The van der Waals surface area contributed by atoms with E-state index in [1.807, 2.05) is 13.0 Å². The summed E-state index contributed by atoms with van der Waals surface area (Å²) in [5.74, 6) is 0.807. The first-order valence-electron chi connectivity index (χ1n) is 5.33. The first-order chi connectivity index (χ1) is 7.27. The molecule has 0 radical (unpaired) electrons. The van der Waals surface area contributed by atoms with Crippen LogP contribution in [-0.2, 0) is 4.74 Å². The number of aromatic nitrogens is 1. The SMILES string of the molecule is Cc1ccnc(NC2CCOCC2)c1N. The van der Waals surface area contributed by atoms with E-state index in [9.17, 15) is 0 Å². The molecule has 0 unspecified atom stereocenters. The number of nitrogens with one attached hydrogen (secondary N) is 1. The van der Waals surface area contributed by atoms with Crippen LogP contribution >= 0.6 is 0 Å². The molecule has 0 aromatic carbocycles. The van der Waals surface area contributed by atoms with Crippen LogP contribution < -0.4 is 11.1 Å². The van der Waals surface area contributed by atoms with Gasteiger partial charge in [0, 0.05) is 25.5 Å². The first kappa shape index (κ1) is 10.2. The summed E-state index contributed by atoms with van der Waals surface area (Å²) in [6.07, 6.45) is 3.83. The first-order valence-corrected chi connectivity index (χ1v) is 5.33. The van der Waals surface area contributed by atoms with Crippen molar-refractivity contribution in [1.29, 1.82) is 0 Å². The van der Waals surface area contributed by atoms with Gasteiger partial charge in [-0.1, -0.05) is 0 Å². The Balaban J connectivity index is 2.06. The highest BCUT2D eigenvalue weighted by molar-refractivity contribution is 5.65. The number of anilines is 2. The molecule has 3 N–H and O–H groups in total. The third-order valence-corrected chi connectivity index (χ3v) is 2.77. The van der Waals surface area contributed by atoms with E-state index < -0.39 is 0 Å². The lowest BCUT2D eigenvalue weighted by molar-refractivity contribution is 0.0904. The third kappa shape index (κ3) is 2.39. The molecule has 4 heteroatoms. The maximum Gasteiger partial charge on any atom is 0.149 e. The molecule has 2 heterocycles. The molecule has 2 rings (SSSR count). The van der Waals surface area contributed by atoms with Crippen LogP contribution in [0.5, 0.6) is 0 Å². The van der Waals surface area contributed by atoms with Crippen molar-refractivity contribution in [1.82, 2.24) is 4.98 Å². The van der Waals surface area contributed by atoms with Crippen molar-refractivity contribution < 1.29 is 4.74 Å². The largest absolute Gasteiger partial charge is 0.396 e. The van der Waals surface area contributed by atoms with Crippen LogP contribution in [0.3, 0.4) is 0 Å². The zero-order valence-corrected chi connectivity index (χ0v) is 8.99. The summed E-state index contributed by atoms with van der Waals surface area (Å²) in [7, 11) is 0. The fourth-order valence-corrected chi connectivity index (χ4v) is 1.72. The maximum atomic E-state index is 5.94. The van der Waals surface area contributed by atoms with Gasteiger partial charge in [0.1, 0.15) is 5.82 Å². The van der Waals surface area contributed by atoms with Gasteiger partial charge in [0.25, 0.3) is 0 Å². The van der Waals surface area contributed by atoms with Gasteiger partial charge in [0.05, 0.1) is 5.69 Å². The zero-order chi connectivity index (χ0) is 10.7. The van der Waals surface area contributed by atoms with Crippen molar-refractivity contribution >= 4 is 11.5 Å². The van der Waals surface area contributed by atoms with Crippen LogP contribution in [-0.4, -0.2) is 24.2 Å². The second-order valence-electron chi connectivity index (χ2n) is 3.92. The molecule has 82 valence electrons. The molecule has 1 aliphatic rings. The van der Waals surface area contributed by atoms with E-state index in [2.05, 4.69) is 10.3 Å². The monoisotopic (exact) mass is 207 g/mol. The highest BCUT2D eigenvalue weighted by Crippen LogP contribution is 2.21. The van der Waals surface area contributed by atoms with Crippen LogP contribution in [0.15, 0.2) is 12.3 Å². The number of ether oxygens (including phenoxy) is 1. The quantitative estimate of drug-likeness (QED) is 0.772. The van der Waals surface area contributed by atoms with Crippen molar-refractivity contribution in [3.63, 3.8) is 0 Å². The van der Waals surface area contributed by atoms with Crippen LogP contribution in [0.25, 0.3) is 0 Å². The van der Waals surface area contributed by atoms with E-state index in [0.717, 1.165) is 43.1 Å². The normalized spacial score (nSPS) is 17.7. The molecule has 0 saturated carbocycles. The minimum atomic E-state index is 0.440. The van der Waals surface area contributed by atoms with E-state index in [-0.39, 0.29) is 0 Å². The Morgan fingerprint density at radius 1 is 1.47 bits per heavy atom. The lowest BCUT2D eigenvalue weighted by Crippen LogP contribution is -2.28. The van der Waals surface area contributed by atoms with Crippen LogP contribution in [0, 0.1) is 6.92 Å². The summed E-state index contributed by atoms with van der Waals surface area (Å²) in [6, 6.07) is 2.36. The second-order valence-corrected chi connectivity index (χ2v) is 3.92. The second kappa shape index (κ2) is 4.49. The van der Waals surface area contributed by atoms with Crippen molar-refractivity contribution in [3.05, 3.63) is 17.8 Å². The predicted octanol–water partition coefficient (Wildman–Crippen LogP) is 1.56. The smallest absolute Gasteiger partial charge is 0.149 e. The average molecular weight is 207 g/mol. The Labute approximate surface area is 89.8 Å². The predicted molar refractivity (Wildman–Crippen MR) is 60.9 cm³/mol. The summed E-state index contributed by atoms with van der Waals surface area (Å²) in [5, 5.41) is 3.37. The Kier molecular flexibility index (Phi) is 3.06. The van der Waals surface area contributed by atoms with E-state index >= 15 is 0 Å². The molecular formula is C11H17N3O. The number of hydrogen-bond donors (Lipinski definition) is 2. The number of nitrogens with zero attached hydrogens (tertiary/aromatic N) is 1. The number of rotatable bonds is 2. The number of nitrogens with two attached hydrogens (primary N) is 1. The molecule has 15 heavy (non-hydrogen) atoms. The Hall–Kier alpha value is -1.29. The number of hydrogen-bond acceptors (Lipinski definition) is 4. The van der Waals surface area contributed by atoms with Crippen molar-refractivity contribution in [2.45, 2.75) is 25.8 Å².